The minimum Gasteiger partial charge on any atom is -0.0619 e. The third-order valence-corrected chi connectivity index (χ3v) is 34.3. The lowest BCUT2D eigenvalue weighted by atomic mass is 9.89. The molecule has 24 aromatic carbocycles. The molecule has 0 nitrogen and oxygen atoms in total. The predicted octanol–water partition coefficient (Wildman–Crippen LogP) is 35.9. The standard InChI is InChI=1S/6C24H16/c1-4-10-18-15(7-1)13-21-19-11-5-6-12-20(19)23-17-9-3-2-8-16(17)14-22(23)24(18)21;1-4-8-20-15(5-1)9-10-17-13-18-11-12-21-19-7-3-2-6-16(19)14-22(21)24(18)23(17)20;1-3-7-18-15(5-1)9-11-20-21-12-10-17-13-16-6-2-4-8-19(16)24(17)23(21)14-22(18)20;1-3-7-19-15(5-1)9-10-21-23-14-22-17(12-18(23)13-24(19)21)11-16-6-2-4-8-20(16)22;1-3-7-19-15(5-1)9-10-18-14-22-21(23(18)19)12-11-17-13-16-6-2-4-8-20(16)24(17)22;1-2-6-16-13-22-19(11-15(16)5-1)14-23-21(22)10-9-18-12-17-7-3-4-8-20(17)24(18)23/h3*1-12H,13-14H2;1-10,12,14H,11,13H2;1-12H,13-14H2;1-11,13H,12,14H2. The molecule has 672 valence electrons. The van der Waals surface area contributed by atoms with Crippen LogP contribution >= 0.6 is 0 Å². The molecule has 0 amide bonds. The minimum atomic E-state index is 1.06. The third-order valence-electron chi connectivity index (χ3n) is 34.3. The molecule has 12 aliphatic carbocycles. The lowest BCUT2D eigenvalue weighted by Gasteiger charge is -2.14. The van der Waals surface area contributed by atoms with Gasteiger partial charge in [-0.3, -0.25) is 0 Å². The topological polar surface area (TPSA) is 0 Å². The highest BCUT2D eigenvalue weighted by Crippen LogP contribution is 2.58. The van der Waals surface area contributed by atoms with Gasteiger partial charge >= 0.3 is 0 Å². The summed E-state index contributed by atoms with van der Waals surface area (Å²) >= 11 is 0. The fourth-order valence-electron chi connectivity index (χ4n) is 28.1. The molecule has 0 unspecified atom stereocenters. The third kappa shape index (κ3) is 12.6. The average molecular weight is 1830 g/mol. The SMILES string of the molecule is c1ccc2c(c1)Cc1c-2c2c(c3ccccc13)-c1ccccc1C2.c1ccc2c(c1)Cc1c-2ccc2c1-c1c(ccc3ccccc13)C2.c1ccc2c(c1)Cc1cc3c(cc1-2)-c1ccc2ccccc2c1C3.c1ccc2c(c1)Cc1ccc3c(c1-2)Cc1c-3ccc2ccccc12.c1ccc2c(c1)Cc1ccc3c(c1-2)Cc1cc2ccccc2cc1-3.c1ccc2c(c1)Cc1ccc3c(c1-2)Cc1ccc2ccccc2c1-3. The van der Waals surface area contributed by atoms with Crippen molar-refractivity contribution in [3.8, 4) is 134 Å². The van der Waals surface area contributed by atoms with Gasteiger partial charge in [0.2, 0.25) is 0 Å². The van der Waals surface area contributed by atoms with Crippen molar-refractivity contribution in [1.29, 1.82) is 0 Å². The lowest BCUT2D eigenvalue weighted by Crippen LogP contribution is -1.92. The molecule has 0 fully saturated rings. The van der Waals surface area contributed by atoms with Crippen molar-refractivity contribution in [1.82, 2.24) is 0 Å². The molecule has 0 spiro atoms. The summed E-state index contributed by atoms with van der Waals surface area (Å²) in [5, 5.41) is 16.5. The van der Waals surface area contributed by atoms with Gasteiger partial charge in [-0.2, -0.15) is 0 Å². The molecular weight excluding hydrogens is 1730 g/mol. The summed E-state index contributed by atoms with van der Waals surface area (Å²) < 4.78 is 0. The van der Waals surface area contributed by atoms with Gasteiger partial charge < -0.3 is 0 Å². The van der Waals surface area contributed by atoms with Crippen LogP contribution in [0.5, 0.6) is 0 Å². The monoisotopic (exact) mass is 1820 g/mol. The lowest BCUT2D eigenvalue weighted by molar-refractivity contribution is 1.22. The van der Waals surface area contributed by atoms with Crippen LogP contribution in [-0.2, 0) is 77.0 Å². The van der Waals surface area contributed by atoms with Gasteiger partial charge in [0.05, 0.1) is 0 Å². The second-order valence-electron chi connectivity index (χ2n) is 41.8. The minimum absolute atomic E-state index is 1.06. The van der Waals surface area contributed by atoms with E-state index in [0.29, 0.717) is 0 Å². The molecule has 0 bridgehead atoms. The summed E-state index contributed by atoms with van der Waals surface area (Å²) in [7, 11) is 0. The predicted molar refractivity (Wildman–Crippen MR) is 603 cm³/mol. The van der Waals surface area contributed by atoms with Crippen LogP contribution in [0.2, 0.25) is 0 Å². The van der Waals surface area contributed by atoms with Crippen LogP contribution in [0.15, 0.2) is 437 Å². The van der Waals surface area contributed by atoms with E-state index in [1.807, 2.05) is 0 Å². The Labute approximate surface area is 839 Å². The zero-order valence-electron chi connectivity index (χ0n) is 80.1. The van der Waals surface area contributed by atoms with Crippen LogP contribution in [-0.4, -0.2) is 0 Å². The van der Waals surface area contributed by atoms with Crippen molar-refractivity contribution in [2.75, 3.05) is 0 Å². The highest BCUT2D eigenvalue weighted by atomic mass is 14.4. The highest BCUT2D eigenvalue weighted by Gasteiger charge is 2.38. The number of hydrogen-bond acceptors (Lipinski definition) is 0. The summed E-state index contributed by atoms with van der Waals surface area (Å²) in [6.07, 6.45) is 12.8. The number of rotatable bonds is 0. The maximum atomic E-state index is 2.46. The van der Waals surface area contributed by atoms with E-state index in [4.69, 9.17) is 0 Å². The van der Waals surface area contributed by atoms with Crippen LogP contribution in [0.4, 0.5) is 0 Å². The van der Waals surface area contributed by atoms with Crippen LogP contribution in [0.3, 0.4) is 0 Å². The van der Waals surface area contributed by atoms with Gasteiger partial charge in [-0.15, -0.1) is 0 Å². The van der Waals surface area contributed by atoms with Crippen LogP contribution < -0.4 is 0 Å². The average Bonchev–Trinajstić information content (AvgIpc) is 1.55. The maximum absolute atomic E-state index is 2.46. The zero-order valence-corrected chi connectivity index (χ0v) is 80.1. The summed E-state index contributed by atoms with van der Waals surface area (Å²) in [5.74, 6) is 0. The summed E-state index contributed by atoms with van der Waals surface area (Å²) in [4.78, 5) is 0. The Hall–Kier alpha value is -17.2. The molecule has 0 heterocycles. The number of benzene rings is 24. The van der Waals surface area contributed by atoms with Gasteiger partial charge in [0.15, 0.2) is 0 Å². The zero-order chi connectivity index (χ0) is 94.0. The van der Waals surface area contributed by atoms with E-state index in [1.54, 1.807) is 0 Å². The fourth-order valence-corrected chi connectivity index (χ4v) is 28.1. The Morgan fingerprint density at radius 1 is 0.0903 bits per heavy atom. The smallest absolute Gasteiger partial charge is 0.000101 e. The molecule has 144 heavy (non-hydrogen) atoms. The van der Waals surface area contributed by atoms with E-state index in [1.165, 1.54) is 332 Å². The van der Waals surface area contributed by atoms with Gasteiger partial charge in [0.25, 0.3) is 0 Å². The molecule has 24 aromatic rings. The molecule has 0 heteroatoms. The molecule has 0 aromatic heterocycles. The first kappa shape index (κ1) is 81.7. The normalized spacial score (nSPS) is 13.5. The number of fused-ring (bicyclic) bond motifs is 53. The van der Waals surface area contributed by atoms with E-state index in [0.717, 1.165) is 77.0 Å². The van der Waals surface area contributed by atoms with Crippen molar-refractivity contribution in [3.63, 3.8) is 0 Å². The van der Waals surface area contributed by atoms with Gasteiger partial charge in [-0.1, -0.05) is 425 Å². The molecule has 12 aliphatic rings. The van der Waals surface area contributed by atoms with E-state index in [-0.39, 0.29) is 0 Å². The quantitative estimate of drug-likeness (QED) is 0.142. The summed E-state index contributed by atoms with van der Waals surface area (Å²) in [6.45, 7) is 0. The van der Waals surface area contributed by atoms with E-state index < -0.39 is 0 Å². The molecular formula is C144H96. The second-order valence-corrected chi connectivity index (χ2v) is 41.8. The van der Waals surface area contributed by atoms with Gasteiger partial charge in [-0.05, 0) is 421 Å². The van der Waals surface area contributed by atoms with Crippen molar-refractivity contribution in [3.05, 3.63) is 570 Å². The van der Waals surface area contributed by atoms with Gasteiger partial charge in [0, 0.05) is 0 Å². The molecule has 0 N–H and O–H groups in total. The molecule has 0 atom stereocenters. The second kappa shape index (κ2) is 32.2. The molecule has 0 aliphatic heterocycles. The van der Waals surface area contributed by atoms with E-state index in [9.17, 15) is 0 Å². The number of hydrogen-bond donors (Lipinski definition) is 0. The van der Waals surface area contributed by atoms with Crippen molar-refractivity contribution < 1.29 is 0 Å². The van der Waals surface area contributed by atoms with Crippen LogP contribution in [0, 0.1) is 0 Å². The van der Waals surface area contributed by atoms with Crippen LogP contribution in [0.25, 0.3) is 198 Å². The van der Waals surface area contributed by atoms with Crippen molar-refractivity contribution >= 4 is 64.6 Å². The highest BCUT2D eigenvalue weighted by molar-refractivity contribution is 6.11. The van der Waals surface area contributed by atoms with Gasteiger partial charge in [-0.25, -0.2) is 0 Å². The molecule has 0 saturated carbocycles. The van der Waals surface area contributed by atoms with Crippen molar-refractivity contribution in [2.45, 2.75) is 77.0 Å². The summed E-state index contributed by atoms with van der Waals surface area (Å²) in [6, 6.07) is 162. The maximum Gasteiger partial charge on any atom is -0.000101 e. The Morgan fingerprint density at radius 3 is 0.931 bits per heavy atom. The molecule has 36 rings (SSSR count). The van der Waals surface area contributed by atoms with E-state index >= 15 is 0 Å². The molecule has 0 radical (unpaired) electrons. The Morgan fingerprint density at radius 2 is 0.361 bits per heavy atom. The van der Waals surface area contributed by atoms with Crippen LogP contribution in [0.1, 0.15) is 134 Å². The molecule has 0 saturated heterocycles. The Bertz CT molecular complexity index is 9750. The largest absolute Gasteiger partial charge is 0.0619 e. The first-order chi connectivity index (χ1) is 71.4. The summed E-state index contributed by atoms with van der Waals surface area (Å²) in [5.41, 5.74) is 70.8. The first-order valence-electron chi connectivity index (χ1n) is 51.8. The van der Waals surface area contributed by atoms with Crippen molar-refractivity contribution in [2.24, 2.45) is 0 Å². The Balaban J connectivity index is 0.0000000788. The fraction of sp³-hybridized carbons (Fsp3) is 0.0833. The van der Waals surface area contributed by atoms with Gasteiger partial charge in [0.1, 0.15) is 0 Å². The van der Waals surface area contributed by atoms with E-state index in [2.05, 4.69) is 437 Å². The Kier molecular flexibility index (Phi) is 18.3. The first-order valence-corrected chi connectivity index (χ1v) is 51.8.